The summed E-state index contributed by atoms with van der Waals surface area (Å²) in [7, 11) is 1.65. The van der Waals surface area contributed by atoms with Gasteiger partial charge < -0.3 is 29.1 Å². The molecule has 0 spiro atoms. The Bertz CT molecular complexity index is 2780. The van der Waals surface area contributed by atoms with Crippen molar-refractivity contribution in [2.75, 3.05) is 16.9 Å². The molecule has 280 valence electrons. The highest BCUT2D eigenvalue weighted by Crippen LogP contribution is 2.55. The SMILES string of the molecule is COc1ccc(N2c3ccccc3C(C)(C)c3cc(C4=C5OC(=O)C(c6ccc7c(c6)C(C)(C)c6ccccc6N7c6ccc(O)cc6)=C5OC4=O)ccc32)cc1. The van der Waals surface area contributed by atoms with E-state index in [2.05, 4.69) is 61.8 Å². The smallest absolute Gasteiger partial charge is 0.348 e. The Morgan fingerprint density at radius 2 is 0.912 bits per heavy atom. The predicted molar refractivity (Wildman–Crippen MR) is 221 cm³/mol. The van der Waals surface area contributed by atoms with Gasteiger partial charge in [-0.25, -0.2) is 9.59 Å². The van der Waals surface area contributed by atoms with Gasteiger partial charge in [-0.1, -0.05) is 76.2 Å². The van der Waals surface area contributed by atoms with Crippen LogP contribution in [0.15, 0.2) is 145 Å². The van der Waals surface area contributed by atoms with Gasteiger partial charge in [0, 0.05) is 22.2 Å². The number of carbonyl (C=O) groups excluding carboxylic acids is 2. The molecule has 0 atom stereocenters. The molecular weight excluding hydrogens is 713 g/mol. The number of rotatable bonds is 5. The van der Waals surface area contributed by atoms with E-state index < -0.39 is 22.8 Å². The van der Waals surface area contributed by atoms with Gasteiger partial charge in [-0.2, -0.15) is 0 Å². The van der Waals surface area contributed by atoms with Crippen LogP contribution in [-0.4, -0.2) is 24.2 Å². The molecule has 6 aromatic carbocycles. The molecule has 6 aromatic rings. The summed E-state index contributed by atoms with van der Waals surface area (Å²) >= 11 is 0. The fraction of sp³-hybridized carbons (Fsp3) is 0.143. The van der Waals surface area contributed by atoms with E-state index in [1.165, 1.54) is 0 Å². The molecule has 0 aliphatic carbocycles. The molecule has 4 aliphatic rings. The van der Waals surface area contributed by atoms with Crippen molar-refractivity contribution >= 4 is 57.2 Å². The Hall–Kier alpha value is -7.06. The first kappa shape index (κ1) is 34.4. The van der Waals surface area contributed by atoms with E-state index in [0.717, 1.165) is 62.1 Å². The van der Waals surface area contributed by atoms with Gasteiger partial charge in [-0.15, -0.1) is 0 Å². The molecule has 0 saturated heterocycles. The number of para-hydroxylation sites is 2. The van der Waals surface area contributed by atoms with Gasteiger partial charge in [0.15, 0.2) is 11.5 Å². The Labute approximate surface area is 330 Å². The topological polar surface area (TPSA) is 88.5 Å². The summed E-state index contributed by atoms with van der Waals surface area (Å²) in [6.07, 6.45) is 0. The van der Waals surface area contributed by atoms with Gasteiger partial charge in [0.1, 0.15) is 22.6 Å². The maximum Gasteiger partial charge on any atom is 0.348 e. The predicted octanol–water partition coefficient (Wildman–Crippen LogP) is 10.9. The number of anilines is 6. The summed E-state index contributed by atoms with van der Waals surface area (Å²) in [5.41, 5.74) is 10.8. The number of nitrogens with zero attached hydrogens (tertiary/aromatic N) is 2. The number of carbonyl (C=O) groups is 2. The van der Waals surface area contributed by atoms with Crippen LogP contribution >= 0.6 is 0 Å². The van der Waals surface area contributed by atoms with E-state index in [1.54, 1.807) is 19.2 Å². The zero-order valence-corrected chi connectivity index (χ0v) is 32.1. The Balaban J connectivity index is 1.09. The third kappa shape index (κ3) is 4.99. The second kappa shape index (κ2) is 12.2. The third-order valence-electron chi connectivity index (χ3n) is 11.9. The molecular formula is C49H38N2O6. The first-order valence-electron chi connectivity index (χ1n) is 18.9. The summed E-state index contributed by atoms with van der Waals surface area (Å²) in [6.45, 7) is 8.70. The molecule has 1 N–H and O–H groups in total. The molecule has 0 saturated carbocycles. The number of phenols is 1. The fourth-order valence-corrected chi connectivity index (χ4v) is 9.00. The van der Waals surface area contributed by atoms with Crippen LogP contribution in [0, 0.1) is 0 Å². The molecule has 0 unspecified atom stereocenters. The number of hydrogen-bond acceptors (Lipinski definition) is 8. The summed E-state index contributed by atoms with van der Waals surface area (Å²) in [5, 5.41) is 10.1. The Kier molecular flexibility index (Phi) is 7.38. The van der Waals surface area contributed by atoms with E-state index in [-0.39, 0.29) is 28.4 Å². The van der Waals surface area contributed by atoms with Gasteiger partial charge in [-0.3, -0.25) is 0 Å². The molecule has 0 bridgehead atoms. The summed E-state index contributed by atoms with van der Waals surface area (Å²) in [5.74, 6) is 0.0647. The average Bonchev–Trinajstić information content (AvgIpc) is 3.70. The highest BCUT2D eigenvalue weighted by molar-refractivity contribution is 6.29. The largest absolute Gasteiger partial charge is 0.508 e. The van der Waals surface area contributed by atoms with Gasteiger partial charge in [0.05, 0.1) is 29.9 Å². The Morgan fingerprint density at radius 3 is 1.35 bits per heavy atom. The minimum atomic E-state index is -0.577. The van der Waals surface area contributed by atoms with Gasteiger partial charge >= 0.3 is 11.9 Å². The van der Waals surface area contributed by atoms with Gasteiger partial charge in [0.2, 0.25) is 0 Å². The molecule has 57 heavy (non-hydrogen) atoms. The second-order valence-electron chi connectivity index (χ2n) is 15.8. The maximum atomic E-state index is 13.9. The normalized spacial score (nSPS) is 17.0. The average molecular weight is 751 g/mol. The van der Waals surface area contributed by atoms with Crippen molar-refractivity contribution in [3.63, 3.8) is 0 Å². The van der Waals surface area contributed by atoms with Crippen molar-refractivity contribution in [2.45, 2.75) is 38.5 Å². The number of phenolic OH excluding ortho intramolecular Hbond substituents is 1. The first-order valence-corrected chi connectivity index (χ1v) is 18.9. The summed E-state index contributed by atoms with van der Waals surface area (Å²) in [4.78, 5) is 32.2. The summed E-state index contributed by atoms with van der Waals surface area (Å²) in [6, 6.07) is 43.5. The Morgan fingerprint density at radius 1 is 0.509 bits per heavy atom. The number of ether oxygens (including phenoxy) is 3. The quantitative estimate of drug-likeness (QED) is 0.174. The van der Waals surface area contributed by atoms with Crippen molar-refractivity contribution < 1.29 is 28.9 Å². The van der Waals surface area contributed by atoms with Crippen LogP contribution in [0.2, 0.25) is 0 Å². The molecule has 0 aromatic heterocycles. The van der Waals surface area contributed by atoms with E-state index >= 15 is 0 Å². The molecule has 4 heterocycles. The zero-order valence-electron chi connectivity index (χ0n) is 32.1. The van der Waals surface area contributed by atoms with Crippen molar-refractivity contribution in [2.24, 2.45) is 0 Å². The van der Waals surface area contributed by atoms with Crippen LogP contribution in [0.25, 0.3) is 11.1 Å². The highest BCUT2D eigenvalue weighted by atomic mass is 16.6. The van der Waals surface area contributed by atoms with Gasteiger partial charge in [0.25, 0.3) is 0 Å². The number of methoxy groups -OCH3 is 1. The van der Waals surface area contributed by atoms with Crippen molar-refractivity contribution in [3.05, 3.63) is 178 Å². The summed E-state index contributed by atoms with van der Waals surface area (Å²) < 4.78 is 17.4. The molecule has 10 rings (SSSR count). The second-order valence-corrected chi connectivity index (χ2v) is 15.8. The van der Waals surface area contributed by atoms with E-state index in [1.807, 2.05) is 97.1 Å². The minimum Gasteiger partial charge on any atom is -0.508 e. The fourth-order valence-electron chi connectivity index (χ4n) is 9.00. The van der Waals surface area contributed by atoms with Crippen molar-refractivity contribution in [1.82, 2.24) is 0 Å². The molecule has 8 nitrogen and oxygen atoms in total. The monoisotopic (exact) mass is 750 g/mol. The standard InChI is InChI=1S/C49H38N2O6/c1-48(2)34-10-6-8-12-38(34)50(30-16-20-32(52)21-17-30)40-24-14-28(26-36(40)48)42-44-45(57-46(42)53)43(47(54)56-44)29-15-25-41-37(27-29)49(3,4)35-11-7-9-13-39(35)51(41)31-18-22-33(55-5)23-19-31/h6-27,52H,1-5H3. The molecule has 8 heteroatoms. The third-order valence-corrected chi connectivity index (χ3v) is 11.9. The van der Waals surface area contributed by atoms with Crippen molar-refractivity contribution in [1.29, 1.82) is 0 Å². The van der Waals surface area contributed by atoms with Crippen LogP contribution in [0.4, 0.5) is 34.1 Å². The number of hydrogen-bond donors (Lipinski definition) is 1. The lowest BCUT2D eigenvalue weighted by molar-refractivity contribution is -0.131. The van der Waals surface area contributed by atoms with Crippen LogP contribution in [-0.2, 0) is 29.9 Å². The molecule has 0 amide bonds. The van der Waals surface area contributed by atoms with Gasteiger partial charge in [-0.05, 0) is 118 Å². The molecule has 0 radical (unpaired) electrons. The lowest BCUT2D eigenvalue weighted by Crippen LogP contribution is -2.30. The number of esters is 2. The van der Waals surface area contributed by atoms with Crippen LogP contribution in [0.5, 0.6) is 11.5 Å². The van der Waals surface area contributed by atoms with E-state index in [9.17, 15) is 14.7 Å². The van der Waals surface area contributed by atoms with Crippen LogP contribution in [0.3, 0.4) is 0 Å². The molecule has 4 aliphatic heterocycles. The first-order chi connectivity index (χ1) is 27.5. The maximum absolute atomic E-state index is 13.9. The molecule has 0 fully saturated rings. The number of aromatic hydroxyl groups is 1. The van der Waals surface area contributed by atoms with Crippen LogP contribution in [0.1, 0.15) is 61.1 Å². The lowest BCUT2D eigenvalue weighted by Gasteiger charge is -2.42. The number of benzene rings is 6. The van der Waals surface area contributed by atoms with E-state index in [4.69, 9.17) is 14.2 Å². The minimum absolute atomic E-state index is 0.131. The van der Waals surface area contributed by atoms with E-state index in [0.29, 0.717) is 11.1 Å². The number of fused-ring (bicyclic) bond motifs is 5. The van der Waals surface area contributed by atoms with Crippen LogP contribution < -0.4 is 14.5 Å². The zero-order chi connectivity index (χ0) is 39.4. The lowest BCUT2D eigenvalue weighted by atomic mass is 9.72. The van der Waals surface area contributed by atoms with Crippen molar-refractivity contribution in [3.8, 4) is 11.5 Å². The highest BCUT2D eigenvalue weighted by Gasteiger charge is 2.46.